The molecule has 7 nitrogen and oxygen atoms in total. The van der Waals surface area contributed by atoms with Crippen LogP contribution in [0.1, 0.15) is 91.7 Å². The highest BCUT2D eigenvalue weighted by atomic mass is 15.3. The van der Waals surface area contributed by atoms with Crippen LogP contribution in [0, 0.1) is 11.3 Å². The first-order valence-corrected chi connectivity index (χ1v) is 13.6. The molecule has 2 aromatic heterocycles. The van der Waals surface area contributed by atoms with Crippen molar-refractivity contribution in [3.05, 3.63) is 64.4 Å². The van der Waals surface area contributed by atoms with E-state index in [2.05, 4.69) is 46.9 Å². The summed E-state index contributed by atoms with van der Waals surface area (Å²) in [7, 11) is 0. The maximum absolute atomic E-state index is 9.97. The van der Waals surface area contributed by atoms with Crippen LogP contribution < -0.4 is 10.6 Å². The minimum Gasteiger partial charge on any atom is -0.398 e. The maximum atomic E-state index is 9.97. The predicted octanol–water partition coefficient (Wildman–Crippen LogP) is 5.15. The second-order valence-electron chi connectivity index (χ2n) is 10.2. The molecule has 1 aliphatic heterocycles. The summed E-state index contributed by atoms with van der Waals surface area (Å²) in [5.74, 6) is 2.29. The van der Waals surface area contributed by atoms with Gasteiger partial charge < -0.3 is 10.6 Å². The van der Waals surface area contributed by atoms with Crippen LogP contribution in [-0.2, 0) is 25.7 Å². The molecule has 0 amide bonds. The zero-order valence-electron chi connectivity index (χ0n) is 21.6. The van der Waals surface area contributed by atoms with Gasteiger partial charge in [-0.1, -0.05) is 26.3 Å². The van der Waals surface area contributed by atoms with Crippen LogP contribution in [0.5, 0.6) is 0 Å². The molecule has 1 fully saturated rings. The first kappa shape index (κ1) is 24.3. The molecule has 5 rings (SSSR count). The predicted molar refractivity (Wildman–Crippen MR) is 143 cm³/mol. The van der Waals surface area contributed by atoms with E-state index < -0.39 is 0 Å². The lowest BCUT2D eigenvalue weighted by Gasteiger charge is -2.32. The van der Waals surface area contributed by atoms with Gasteiger partial charge in [0.15, 0.2) is 0 Å². The lowest BCUT2D eigenvalue weighted by atomic mass is 9.78. The Kier molecular flexibility index (Phi) is 7.22. The maximum Gasteiger partial charge on any atom is 0.135 e. The molecular formula is C29H37N7. The van der Waals surface area contributed by atoms with Gasteiger partial charge in [0.05, 0.1) is 17.3 Å². The van der Waals surface area contributed by atoms with Crippen molar-refractivity contribution in [1.82, 2.24) is 19.7 Å². The third kappa shape index (κ3) is 4.69. The minimum atomic E-state index is 0.255. The molecule has 3 aromatic rings. The van der Waals surface area contributed by atoms with Crippen molar-refractivity contribution in [2.24, 2.45) is 0 Å². The minimum absolute atomic E-state index is 0.255. The van der Waals surface area contributed by atoms with Crippen LogP contribution in [0.4, 0.5) is 11.5 Å². The highest BCUT2D eigenvalue weighted by Crippen LogP contribution is 2.40. The molecule has 7 heteroatoms. The van der Waals surface area contributed by atoms with E-state index in [0.29, 0.717) is 17.3 Å². The van der Waals surface area contributed by atoms with E-state index in [1.165, 1.54) is 17.5 Å². The van der Waals surface area contributed by atoms with Crippen LogP contribution in [0.3, 0.4) is 0 Å². The van der Waals surface area contributed by atoms with Crippen molar-refractivity contribution in [3.63, 3.8) is 0 Å². The molecule has 2 N–H and O–H groups in total. The van der Waals surface area contributed by atoms with Gasteiger partial charge in [0.2, 0.25) is 0 Å². The number of hydrogen-bond donors (Lipinski definition) is 1. The van der Waals surface area contributed by atoms with Crippen molar-refractivity contribution in [2.75, 3.05) is 23.7 Å². The SMILES string of the molecule is CCCc1ccc(N)c(C#N)c1C1CCc2c(nc(CC)nc2N2CCCCC(n3cccn3)C2)C1. The number of nitrogens with two attached hydrogens (primary N) is 1. The van der Waals surface area contributed by atoms with Crippen molar-refractivity contribution >= 4 is 11.5 Å². The van der Waals surface area contributed by atoms with Gasteiger partial charge in [-0.3, -0.25) is 4.68 Å². The molecule has 0 bridgehead atoms. The van der Waals surface area contributed by atoms with Crippen molar-refractivity contribution in [3.8, 4) is 6.07 Å². The van der Waals surface area contributed by atoms with Gasteiger partial charge >= 0.3 is 0 Å². The van der Waals surface area contributed by atoms with Crippen molar-refractivity contribution < 1.29 is 0 Å². The van der Waals surface area contributed by atoms with Gasteiger partial charge in [0.25, 0.3) is 0 Å². The number of hydrogen-bond acceptors (Lipinski definition) is 6. The molecule has 0 radical (unpaired) electrons. The van der Waals surface area contributed by atoms with Gasteiger partial charge in [-0.05, 0) is 74.1 Å². The topological polar surface area (TPSA) is 96.6 Å². The Morgan fingerprint density at radius 3 is 2.81 bits per heavy atom. The van der Waals surface area contributed by atoms with Gasteiger partial charge in [0.1, 0.15) is 17.7 Å². The fourth-order valence-electron chi connectivity index (χ4n) is 6.09. The van der Waals surface area contributed by atoms with E-state index in [1.54, 1.807) is 0 Å². The van der Waals surface area contributed by atoms with Crippen LogP contribution in [0.25, 0.3) is 0 Å². The largest absolute Gasteiger partial charge is 0.398 e. The Hall–Kier alpha value is -3.40. The van der Waals surface area contributed by atoms with E-state index in [1.807, 2.05) is 18.3 Å². The third-order valence-electron chi connectivity index (χ3n) is 7.87. The van der Waals surface area contributed by atoms with Crippen LogP contribution in [0.2, 0.25) is 0 Å². The number of aromatic nitrogens is 4. The molecule has 2 atom stereocenters. The van der Waals surface area contributed by atoms with Gasteiger partial charge in [-0.25, -0.2) is 9.97 Å². The first-order chi connectivity index (χ1) is 17.6. The molecule has 2 aliphatic rings. The summed E-state index contributed by atoms with van der Waals surface area (Å²) >= 11 is 0. The van der Waals surface area contributed by atoms with Crippen molar-refractivity contribution in [2.45, 2.75) is 83.6 Å². The highest BCUT2D eigenvalue weighted by molar-refractivity contribution is 5.62. The van der Waals surface area contributed by atoms with E-state index in [-0.39, 0.29) is 5.92 Å². The Morgan fingerprint density at radius 1 is 1.17 bits per heavy atom. The lowest BCUT2D eigenvalue weighted by molar-refractivity contribution is 0.433. The normalized spacial score (nSPS) is 20.0. The number of benzene rings is 1. The number of aryl methyl sites for hydroxylation is 2. The average molecular weight is 484 g/mol. The third-order valence-corrected chi connectivity index (χ3v) is 7.87. The Bertz CT molecular complexity index is 1240. The zero-order chi connectivity index (χ0) is 25.1. The highest BCUT2D eigenvalue weighted by Gasteiger charge is 2.31. The summed E-state index contributed by atoms with van der Waals surface area (Å²) < 4.78 is 2.11. The van der Waals surface area contributed by atoms with Crippen LogP contribution in [0.15, 0.2) is 30.6 Å². The van der Waals surface area contributed by atoms with E-state index in [0.717, 1.165) is 87.4 Å². The molecule has 0 saturated carbocycles. The number of nitrogens with zero attached hydrogens (tertiary/aromatic N) is 6. The smallest absolute Gasteiger partial charge is 0.135 e. The summed E-state index contributed by atoms with van der Waals surface area (Å²) in [4.78, 5) is 12.6. The van der Waals surface area contributed by atoms with Gasteiger partial charge in [0, 0.05) is 43.2 Å². The fraction of sp³-hybridized carbons (Fsp3) is 0.517. The molecule has 36 heavy (non-hydrogen) atoms. The fourth-order valence-corrected chi connectivity index (χ4v) is 6.09. The quantitative estimate of drug-likeness (QED) is 0.487. The number of nitriles is 1. The summed E-state index contributed by atoms with van der Waals surface area (Å²) in [5, 5.41) is 14.5. The van der Waals surface area contributed by atoms with E-state index in [4.69, 9.17) is 15.7 Å². The average Bonchev–Trinajstić information content (AvgIpc) is 3.33. The van der Waals surface area contributed by atoms with Gasteiger partial charge in [-0.15, -0.1) is 0 Å². The standard InChI is InChI=1S/C29H37N7/c1-3-8-20-11-13-25(31)24(18-30)28(20)21-10-12-23-26(17-21)33-27(4-2)34-29(23)35-15-6-5-9-22(19-35)36-16-7-14-32-36/h7,11,13-14,16,21-22H,3-6,8-10,12,15,17,19,31H2,1-2H3. The summed E-state index contributed by atoms with van der Waals surface area (Å²) in [6.07, 6.45) is 13.0. The number of nitrogen functional groups attached to an aromatic ring is 1. The molecule has 2 unspecified atom stereocenters. The number of rotatable bonds is 6. The Balaban J connectivity index is 1.51. The van der Waals surface area contributed by atoms with E-state index >= 15 is 0 Å². The van der Waals surface area contributed by atoms with Gasteiger partial charge in [-0.2, -0.15) is 10.4 Å². The second kappa shape index (κ2) is 10.7. The molecule has 0 spiro atoms. The number of fused-ring (bicyclic) bond motifs is 1. The van der Waals surface area contributed by atoms with Crippen molar-refractivity contribution in [1.29, 1.82) is 5.26 Å². The summed E-state index contributed by atoms with van der Waals surface area (Å²) in [6, 6.07) is 8.81. The molecule has 1 aromatic carbocycles. The Morgan fingerprint density at radius 2 is 2.06 bits per heavy atom. The van der Waals surface area contributed by atoms with Crippen LogP contribution >= 0.6 is 0 Å². The lowest BCUT2D eigenvalue weighted by Crippen LogP contribution is -2.33. The molecule has 1 saturated heterocycles. The first-order valence-electron chi connectivity index (χ1n) is 13.6. The number of anilines is 2. The molecule has 188 valence electrons. The summed E-state index contributed by atoms with van der Waals surface area (Å²) in [6.45, 7) is 6.26. The van der Waals surface area contributed by atoms with Crippen LogP contribution in [-0.4, -0.2) is 32.8 Å². The Labute approximate surface area is 214 Å². The summed E-state index contributed by atoms with van der Waals surface area (Å²) in [5.41, 5.74) is 12.4. The van der Waals surface area contributed by atoms with E-state index in [9.17, 15) is 5.26 Å². The zero-order valence-corrected chi connectivity index (χ0v) is 21.6. The second-order valence-corrected chi connectivity index (χ2v) is 10.2. The monoisotopic (exact) mass is 483 g/mol. The molecule has 3 heterocycles. The molecular weight excluding hydrogens is 446 g/mol. The molecule has 1 aliphatic carbocycles.